The lowest BCUT2D eigenvalue weighted by molar-refractivity contribution is -0.192. The second-order valence-electron chi connectivity index (χ2n) is 3.24. The molecule has 2 heteroatoms. The molecule has 1 saturated heterocycles. The molecule has 0 saturated carbocycles. The maximum atomic E-state index is 11.0. The van der Waals surface area contributed by atoms with Crippen LogP contribution in [0.25, 0.3) is 0 Å². The SMILES string of the molecule is CCC1(C(C)C)COC1=O. The van der Waals surface area contributed by atoms with Crippen LogP contribution in [0.4, 0.5) is 0 Å². The van der Waals surface area contributed by atoms with Crippen molar-refractivity contribution < 1.29 is 9.53 Å². The van der Waals surface area contributed by atoms with Gasteiger partial charge in [-0.3, -0.25) is 4.79 Å². The first-order valence-corrected chi connectivity index (χ1v) is 3.80. The van der Waals surface area contributed by atoms with E-state index in [9.17, 15) is 4.79 Å². The Labute approximate surface area is 61.6 Å². The van der Waals surface area contributed by atoms with Gasteiger partial charge in [0.05, 0.1) is 0 Å². The fraction of sp³-hybridized carbons (Fsp3) is 0.875. The van der Waals surface area contributed by atoms with E-state index < -0.39 is 0 Å². The maximum absolute atomic E-state index is 11.0. The van der Waals surface area contributed by atoms with Gasteiger partial charge in [0.25, 0.3) is 0 Å². The van der Waals surface area contributed by atoms with Gasteiger partial charge >= 0.3 is 5.97 Å². The zero-order chi connectivity index (χ0) is 7.78. The highest BCUT2D eigenvalue weighted by molar-refractivity contribution is 5.82. The van der Waals surface area contributed by atoms with Crippen LogP contribution in [-0.4, -0.2) is 12.6 Å². The molecule has 0 aromatic heterocycles. The normalized spacial score (nSPS) is 31.8. The van der Waals surface area contributed by atoms with Crippen molar-refractivity contribution in [3.63, 3.8) is 0 Å². The molecule has 2 nitrogen and oxygen atoms in total. The summed E-state index contributed by atoms with van der Waals surface area (Å²) in [6.07, 6.45) is 0.906. The number of carbonyl (C=O) groups is 1. The van der Waals surface area contributed by atoms with Crippen LogP contribution in [0.1, 0.15) is 27.2 Å². The fourth-order valence-electron chi connectivity index (χ4n) is 1.37. The minimum absolute atomic E-state index is 0.00926. The first-order chi connectivity index (χ1) is 4.63. The molecular formula is C8H14O2. The third-order valence-corrected chi connectivity index (χ3v) is 2.60. The smallest absolute Gasteiger partial charge is 0.315 e. The van der Waals surface area contributed by atoms with Crippen LogP contribution in [0.2, 0.25) is 0 Å². The topological polar surface area (TPSA) is 26.3 Å². The molecule has 10 heavy (non-hydrogen) atoms. The van der Waals surface area contributed by atoms with Gasteiger partial charge in [-0.15, -0.1) is 0 Å². The van der Waals surface area contributed by atoms with Gasteiger partial charge < -0.3 is 4.74 Å². The first kappa shape index (κ1) is 7.58. The van der Waals surface area contributed by atoms with Gasteiger partial charge in [-0.05, 0) is 12.3 Å². The molecule has 0 amide bonds. The predicted octanol–water partition coefficient (Wildman–Crippen LogP) is 1.60. The summed E-state index contributed by atoms with van der Waals surface area (Å²) in [6, 6.07) is 0. The van der Waals surface area contributed by atoms with E-state index in [0.717, 1.165) is 6.42 Å². The molecule has 0 bridgehead atoms. The number of ether oxygens (including phenoxy) is 1. The lowest BCUT2D eigenvalue weighted by Gasteiger charge is -2.41. The molecule has 0 radical (unpaired) electrons. The van der Waals surface area contributed by atoms with Gasteiger partial charge in [0.2, 0.25) is 0 Å². The predicted molar refractivity (Wildman–Crippen MR) is 38.5 cm³/mol. The summed E-state index contributed by atoms with van der Waals surface area (Å²) in [5.41, 5.74) is -0.139. The highest BCUT2D eigenvalue weighted by atomic mass is 16.6. The molecule has 1 fully saturated rings. The molecule has 1 aliphatic rings. The van der Waals surface area contributed by atoms with Gasteiger partial charge in [0, 0.05) is 0 Å². The summed E-state index contributed by atoms with van der Waals surface area (Å²) in [4.78, 5) is 11.0. The summed E-state index contributed by atoms with van der Waals surface area (Å²) in [5, 5.41) is 0. The van der Waals surface area contributed by atoms with Crippen molar-refractivity contribution in [1.29, 1.82) is 0 Å². The molecular weight excluding hydrogens is 128 g/mol. The summed E-state index contributed by atoms with van der Waals surface area (Å²) in [7, 11) is 0. The molecule has 1 rings (SSSR count). The van der Waals surface area contributed by atoms with Crippen molar-refractivity contribution in [3.8, 4) is 0 Å². The van der Waals surface area contributed by atoms with Crippen LogP contribution < -0.4 is 0 Å². The number of hydrogen-bond acceptors (Lipinski definition) is 2. The Bertz CT molecular complexity index is 147. The summed E-state index contributed by atoms with van der Waals surface area (Å²) >= 11 is 0. The summed E-state index contributed by atoms with van der Waals surface area (Å²) in [5.74, 6) is 0.406. The molecule has 58 valence electrons. The van der Waals surface area contributed by atoms with Crippen molar-refractivity contribution in [2.24, 2.45) is 11.3 Å². The number of hydrogen-bond donors (Lipinski definition) is 0. The van der Waals surface area contributed by atoms with E-state index in [1.807, 2.05) is 6.92 Å². The molecule has 1 aliphatic heterocycles. The van der Waals surface area contributed by atoms with Crippen LogP contribution in [0.15, 0.2) is 0 Å². The highest BCUT2D eigenvalue weighted by Gasteiger charge is 2.49. The number of esters is 1. The first-order valence-electron chi connectivity index (χ1n) is 3.80. The molecule has 0 spiro atoms. The van der Waals surface area contributed by atoms with Crippen molar-refractivity contribution in [2.75, 3.05) is 6.61 Å². The molecule has 1 heterocycles. The number of carbonyl (C=O) groups excluding carboxylic acids is 1. The Morgan fingerprint density at radius 2 is 2.30 bits per heavy atom. The standard InChI is InChI=1S/C8H14O2/c1-4-8(6(2)3)5-10-7(8)9/h6H,4-5H2,1-3H3. The zero-order valence-corrected chi connectivity index (χ0v) is 6.81. The van der Waals surface area contributed by atoms with Crippen molar-refractivity contribution in [3.05, 3.63) is 0 Å². The zero-order valence-electron chi connectivity index (χ0n) is 6.81. The Hall–Kier alpha value is -0.530. The van der Waals surface area contributed by atoms with Gasteiger partial charge in [-0.25, -0.2) is 0 Å². The van der Waals surface area contributed by atoms with Crippen LogP contribution >= 0.6 is 0 Å². The van der Waals surface area contributed by atoms with Gasteiger partial charge in [0.15, 0.2) is 0 Å². The molecule has 1 atom stereocenters. The Kier molecular flexibility index (Phi) is 1.71. The van der Waals surface area contributed by atoms with E-state index in [2.05, 4.69) is 13.8 Å². The minimum Gasteiger partial charge on any atom is -0.464 e. The van der Waals surface area contributed by atoms with E-state index in [1.54, 1.807) is 0 Å². The van der Waals surface area contributed by atoms with Crippen molar-refractivity contribution >= 4 is 5.97 Å². The van der Waals surface area contributed by atoms with Crippen LogP contribution in [0, 0.1) is 11.3 Å². The van der Waals surface area contributed by atoms with E-state index in [4.69, 9.17) is 4.74 Å². The second kappa shape index (κ2) is 2.26. The van der Waals surface area contributed by atoms with Crippen LogP contribution in [0.3, 0.4) is 0 Å². The third kappa shape index (κ3) is 0.746. The molecule has 0 aromatic carbocycles. The van der Waals surface area contributed by atoms with Gasteiger partial charge in [-0.1, -0.05) is 20.8 Å². The quantitative estimate of drug-likeness (QED) is 0.547. The monoisotopic (exact) mass is 142 g/mol. The maximum Gasteiger partial charge on any atom is 0.315 e. The molecule has 0 N–H and O–H groups in total. The lowest BCUT2D eigenvalue weighted by Crippen LogP contribution is -2.51. The van der Waals surface area contributed by atoms with Crippen molar-refractivity contribution in [2.45, 2.75) is 27.2 Å². The lowest BCUT2D eigenvalue weighted by atomic mass is 9.73. The second-order valence-corrected chi connectivity index (χ2v) is 3.24. The highest BCUT2D eigenvalue weighted by Crippen LogP contribution is 2.39. The average Bonchev–Trinajstić information content (AvgIpc) is 1.86. The average molecular weight is 142 g/mol. The van der Waals surface area contributed by atoms with Gasteiger partial charge in [-0.2, -0.15) is 0 Å². The van der Waals surface area contributed by atoms with E-state index in [-0.39, 0.29) is 11.4 Å². The third-order valence-electron chi connectivity index (χ3n) is 2.60. The Morgan fingerprint density at radius 3 is 2.30 bits per heavy atom. The van der Waals surface area contributed by atoms with Crippen LogP contribution in [-0.2, 0) is 9.53 Å². The Morgan fingerprint density at radius 1 is 1.70 bits per heavy atom. The van der Waals surface area contributed by atoms with E-state index in [1.165, 1.54) is 0 Å². The number of cyclic esters (lactones) is 1. The van der Waals surface area contributed by atoms with E-state index >= 15 is 0 Å². The summed E-state index contributed by atoms with van der Waals surface area (Å²) in [6.45, 7) is 6.81. The largest absolute Gasteiger partial charge is 0.464 e. The molecule has 1 unspecified atom stereocenters. The minimum atomic E-state index is -0.139. The molecule has 0 aromatic rings. The number of rotatable bonds is 2. The van der Waals surface area contributed by atoms with Crippen molar-refractivity contribution in [1.82, 2.24) is 0 Å². The fourth-order valence-corrected chi connectivity index (χ4v) is 1.37. The summed E-state index contributed by atoms with van der Waals surface area (Å²) < 4.78 is 4.76. The van der Waals surface area contributed by atoms with Crippen LogP contribution in [0.5, 0.6) is 0 Å². The molecule has 0 aliphatic carbocycles. The Balaban J connectivity index is 2.69. The van der Waals surface area contributed by atoms with Gasteiger partial charge in [0.1, 0.15) is 12.0 Å². The van der Waals surface area contributed by atoms with E-state index in [0.29, 0.717) is 12.5 Å².